The Hall–Kier alpha value is -2.14. The van der Waals surface area contributed by atoms with Gasteiger partial charge in [0, 0.05) is 19.3 Å². The van der Waals surface area contributed by atoms with Crippen molar-refractivity contribution in [2.75, 3.05) is 25.6 Å². The minimum absolute atomic E-state index is 0.402. The maximum atomic E-state index is 12.8. The third-order valence-corrected chi connectivity index (χ3v) is 3.34. The molecule has 1 aromatic carbocycles. The zero-order chi connectivity index (χ0) is 15.2. The van der Waals surface area contributed by atoms with Crippen LogP contribution in [0, 0.1) is 5.82 Å². The van der Waals surface area contributed by atoms with Gasteiger partial charge in [0.05, 0.1) is 25.1 Å². The van der Waals surface area contributed by atoms with Crippen molar-refractivity contribution < 1.29 is 14.2 Å². The maximum absolute atomic E-state index is 12.8. The van der Waals surface area contributed by atoms with Crippen molar-refractivity contribution in [1.29, 1.82) is 0 Å². The summed E-state index contributed by atoms with van der Waals surface area (Å²) < 4.78 is 17.9. The summed E-state index contributed by atoms with van der Waals surface area (Å²) in [5.74, 6) is 0.406. The molecule has 0 fully saturated rings. The molecule has 2 aromatic rings. The van der Waals surface area contributed by atoms with E-state index in [2.05, 4.69) is 4.98 Å². The van der Waals surface area contributed by atoms with Crippen LogP contribution in [0.15, 0.2) is 42.6 Å². The Bertz CT molecular complexity index is 557. The highest BCUT2D eigenvalue weighted by atomic mass is 19.1. The van der Waals surface area contributed by atoms with Crippen LogP contribution in [0.4, 0.5) is 10.1 Å². The molecule has 0 saturated heterocycles. The Labute approximate surface area is 123 Å². The van der Waals surface area contributed by atoms with E-state index in [1.165, 1.54) is 12.1 Å². The van der Waals surface area contributed by atoms with E-state index in [0.29, 0.717) is 18.7 Å². The van der Waals surface area contributed by atoms with E-state index in [9.17, 15) is 9.50 Å². The van der Waals surface area contributed by atoms with Crippen molar-refractivity contribution in [2.24, 2.45) is 0 Å². The predicted octanol–water partition coefficient (Wildman–Crippen LogP) is 2.79. The van der Waals surface area contributed by atoms with Crippen LogP contribution in [0.5, 0.6) is 5.75 Å². The molecule has 1 unspecified atom stereocenters. The third kappa shape index (κ3) is 4.16. The van der Waals surface area contributed by atoms with E-state index in [1.54, 1.807) is 7.11 Å². The number of rotatable bonds is 6. The number of pyridine rings is 1. The Kier molecular flexibility index (Phi) is 5.11. The number of ether oxygens (including phenoxy) is 1. The molecule has 0 aliphatic heterocycles. The zero-order valence-electron chi connectivity index (χ0n) is 12.2. The highest BCUT2D eigenvalue weighted by molar-refractivity contribution is 5.48. The molecule has 0 saturated carbocycles. The number of aromatic nitrogens is 1. The largest absolute Gasteiger partial charge is 0.497 e. The second-order valence-electron chi connectivity index (χ2n) is 4.83. The number of nitrogens with zero attached hydrogens (tertiary/aromatic N) is 2. The van der Waals surface area contributed by atoms with Crippen molar-refractivity contribution in [3.8, 4) is 5.75 Å². The minimum Gasteiger partial charge on any atom is -0.497 e. The van der Waals surface area contributed by atoms with Crippen LogP contribution in [0.2, 0.25) is 0 Å². The molecule has 0 aliphatic carbocycles. The number of hydrogen-bond donors (Lipinski definition) is 1. The molecule has 5 heteroatoms. The summed E-state index contributed by atoms with van der Waals surface area (Å²) in [6, 6.07) is 10.5. The van der Waals surface area contributed by atoms with Gasteiger partial charge < -0.3 is 14.7 Å². The normalized spacial score (nSPS) is 12.0. The molecule has 0 radical (unpaired) electrons. The van der Waals surface area contributed by atoms with Crippen LogP contribution in [0.25, 0.3) is 0 Å². The monoisotopic (exact) mass is 290 g/mol. The first-order valence-electron chi connectivity index (χ1n) is 6.75. The molecule has 2 rings (SSSR count). The van der Waals surface area contributed by atoms with Gasteiger partial charge in [0.15, 0.2) is 0 Å². The summed E-state index contributed by atoms with van der Waals surface area (Å²) in [6.07, 6.45) is 0.929. The van der Waals surface area contributed by atoms with Gasteiger partial charge in [-0.1, -0.05) is 0 Å². The van der Waals surface area contributed by atoms with E-state index in [0.717, 1.165) is 17.6 Å². The van der Waals surface area contributed by atoms with E-state index in [1.807, 2.05) is 36.2 Å². The number of aliphatic hydroxyl groups excluding tert-OH is 1. The molecular weight excluding hydrogens is 271 g/mol. The van der Waals surface area contributed by atoms with E-state index in [-0.39, 0.29) is 0 Å². The topological polar surface area (TPSA) is 45.6 Å². The summed E-state index contributed by atoms with van der Waals surface area (Å²) >= 11 is 0. The lowest BCUT2D eigenvalue weighted by molar-refractivity contribution is 0.165. The van der Waals surface area contributed by atoms with Crippen molar-refractivity contribution in [2.45, 2.75) is 12.5 Å². The summed E-state index contributed by atoms with van der Waals surface area (Å²) in [7, 11) is 3.58. The van der Waals surface area contributed by atoms with E-state index < -0.39 is 11.9 Å². The van der Waals surface area contributed by atoms with Gasteiger partial charge in [-0.15, -0.1) is 0 Å². The van der Waals surface area contributed by atoms with Crippen LogP contribution in [-0.4, -0.2) is 30.8 Å². The molecule has 1 N–H and O–H groups in total. The predicted molar refractivity (Wildman–Crippen MR) is 80.0 cm³/mol. The van der Waals surface area contributed by atoms with Crippen molar-refractivity contribution in [1.82, 2.24) is 4.98 Å². The number of anilines is 1. The van der Waals surface area contributed by atoms with Gasteiger partial charge in [0.2, 0.25) is 0 Å². The van der Waals surface area contributed by atoms with Gasteiger partial charge in [0.25, 0.3) is 0 Å². The molecule has 0 aliphatic rings. The van der Waals surface area contributed by atoms with Crippen LogP contribution in [0.1, 0.15) is 18.2 Å². The van der Waals surface area contributed by atoms with Gasteiger partial charge in [-0.2, -0.15) is 0 Å². The molecule has 0 amide bonds. The van der Waals surface area contributed by atoms with Crippen LogP contribution < -0.4 is 9.64 Å². The molecule has 1 heterocycles. The SMILES string of the molecule is COc1ccc(N(C)CCC(O)c2ccc(F)cn2)cc1. The second-order valence-corrected chi connectivity index (χ2v) is 4.83. The number of aliphatic hydroxyl groups is 1. The molecule has 0 spiro atoms. The number of hydrogen-bond acceptors (Lipinski definition) is 4. The third-order valence-electron chi connectivity index (χ3n) is 3.34. The second kappa shape index (κ2) is 7.04. The highest BCUT2D eigenvalue weighted by Crippen LogP contribution is 2.20. The van der Waals surface area contributed by atoms with Gasteiger partial charge in [-0.3, -0.25) is 4.98 Å². The molecule has 1 atom stereocenters. The van der Waals surface area contributed by atoms with Gasteiger partial charge in [-0.25, -0.2) is 4.39 Å². The number of methoxy groups -OCH3 is 1. The standard InChI is InChI=1S/C16H19FN2O2/c1-19(13-4-6-14(21-2)7-5-13)10-9-16(20)15-8-3-12(17)11-18-15/h3-8,11,16,20H,9-10H2,1-2H3. The first-order chi connectivity index (χ1) is 10.1. The first-order valence-corrected chi connectivity index (χ1v) is 6.75. The maximum Gasteiger partial charge on any atom is 0.141 e. The Morgan fingerprint density at radius 1 is 1.24 bits per heavy atom. The van der Waals surface area contributed by atoms with Crippen LogP contribution in [0.3, 0.4) is 0 Å². The summed E-state index contributed by atoms with van der Waals surface area (Å²) in [6.45, 7) is 0.659. The van der Waals surface area contributed by atoms with Crippen LogP contribution in [-0.2, 0) is 0 Å². The van der Waals surface area contributed by atoms with E-state index in [4.69, 9.17) is 4.74 Å². The highest BCUT2D eigenvalue weighted by Gasteiger charge is 2.11. The molecular formula is C16H19FN2O2. The lowest BCUT2D eigenvalue weighted by Gasteiger charge is -2.21. The number of halogens is 1. The summed E-state index contributed by atoms with van der Waals surface area (Å²) in [4.78, 5) is 5.93. The fraction of sp³-hybridized carbons (Fsp3) is 0.312. The lowest BCUT2D eigenvalue weighted by atomic mass is 10.1. The molecule has 0 bridgehead atoms. The minimum atomic E-state index is -0.703. The summed E-state index contributed by atoms with van der Waals surface area (Å²) in [5, 5.41) is 10.1. The van der Waals surface area contributed by atoms with Gasteiger partial charge >= 0.3 is 0 Å². The quantitative estimate of drug-likeness (QED) is 0.888. The first kappa shape index (κ1) is 15.3. The zero-order valence-corrected chi connectivity index (χ0v) is 12.2. The van der Waals surface area contributed by atoms with Crippen LogP contribution >= 0.6 is 0 Å². The van der Waals surface area contributed by atoms with Crippen molar-refractivity contribution in [3.05, 3.63) is 54.1 Å². The summed E-state index contributed by atoms with van der Waals surface area (Å²) in [5.41, 5.74) is 1.52. The molecule has 1 aromatic heterocycles. The Morgan fingerprint density at radius 2 is 1.95 bits per heavy atom. The van der Waals surface area contributed by atoms with E-state index >= 15 is 0 Å². The van der Waals surface area contributed by atoms with Gasteiger partial charge in [0.1, 0.15) is 11.6 Å². The Balaban J connectivity index is 1.90. The van der Waals surface area contributed by atoms with Crippen molar-refractivity contribution >= 4 is 5.69 Å². The fourth-order valence-corrected chi connectivity index (χ4v) is 2.01. The molecule has 21 heavy (non-hydrogen) atoms. The smallest absolute Gasteiger partial charge is 0.141 e. The average molecular weight is 290 g/mol. The van der Waals surface area contributed by atoms with Crippen molar-refractivity contribution in [3.63, 3.8) is 0 Å². The average Bonchev–Trinajstić information content (AvgIpc) is 2.53. The lowest BCUT2D eigenvalue weighted by Crippen LogP contribution is -2.20. The Morgan fingerprint density at radius 3 is 2.52 bits per heavy atom. The fourth-order valence-electron chi connectivity index (χ4n) is 2.01. The number of benzene rings is 1. The van der Waals surface area contributed by atoms with Gasteiger partial charge in [-0.05, 0) is 42.8 Å². The molecule has 4 nitrogen and oxygen atoms in total. The molecule has 112 valence electrons.